The summed E-state index contributed by atoms with van der Waals surface area (Å²) in [5, 5.41) is 0. The molecule has 0 aromatic heterocycles. The molecule has 0 N–H and O–H groups in total. The summed E-state index contributed by atoms with van der Waals surface area (Å²) in [5.41, 5.74) is 0.938. The first-order chi connectivity index (χ1) is 5.66. The third-order valence-electron chi connectivity index (χ3n) is 0.940. The molecule has 0 radical (unpaired) electrons. The van der Waals surface area contributed by atoms with E-state index in [-0.39, 0.29) is 7.21 Å². The topological polar surface area (TPSA) is 17.1 Å². The van der Waals surface area contributed by atoms with Crippen LogP contribution in [-0.4, -0.2) is 5.78 Å². The number of ketones is 1. The molecule has 1 aromatic carbocycles. The van der Waals surface area contributed by atoms with Gasteiger partial charge in [-0.1, -0.05) is 24.1 Å². The molecular formula is C11H14O. The van der Waals surface area contributed by atoms with Crippen LogP contribution >= 0.6 is 0 Å². The molecule has 64 valence electrons. The van der Waals surface area contributed by atoms with Gasteiger partial charge in [-0.2, -0.15) is 0 Å². The molecule has 0 bridgehead atoms. The van der Waals surface area contributed by atoms with E-state index in [4.69, 9.17) is 6.42 Å². The summed E-state index contributed by atoms with van der Waals surface area (Å²) in [6.45, 7) is 3.06. The van der Waals surface area contributed by atoms with E-state index in [2.05, 4.69) is 5.92 Å². The Kier molecular flexibility index (Phi) is 5.38. The summed E-state index contributed by atoms with van der Waals surface area (Å²) >= 11 is 0. The first-order valence-electron chi connectivity index (χ1n) is 3.65. The van der Waals surface area contributed by atoms with Gasteiger partial charge in [0.15, 0.2) is 0 Å². The molecule has 0 aliphatic rings. The Morgan fingerprint density at radius 1 is 1.33 bits per heavy atom. The van der Waals surface area contributed by atoms with Gasteiger partial charge in [0.25, 0.3) is 0 Å². The standard InChI is InChI=1S/C8H6.C3H6O.H2/c1-2-8-6-4-3-5-7-8;1-3(2)4;/h1,3-7H;1-2H3;1H. The molecule has 1 nitrogen and oxygen atoms in total. The van der Waals surface area contributed by atoms with Crippen LogP contribution in [-0.2, 0) is 4.79 Å². The number of carbonyl (C=O) groups is 1. The van der Waals surface area contributed by atoms with Crippen molar-refractivity contribution in [3.05, 3.63) is 35.9 Å². The number of benzene rings is 1. The summed E-state index contributed by atoms with van der Waals surface area (Å²) in [6, 6.07) is 9.60. The van der Waals surface area contributed by atoms with Gasteiger partial charge in [0, 0.05) is 6.99 Å². The Morgan fingerprint density at radius 2 is 1.75 bits per heavy atom. The predicted octanol–water partition coefficient (Wildman–Crippen LogP) is 2.51. The Morgan fingerprint density at radius 3 is 2.00 bits per heavy atom. The van der Waals surface area contributed by atoms with E-state index in [1.54, 1.807) is 0 Å². The summed E-state index contributed by atoms with van der Waals surface area (Å²) in [4.78, 5) is 9.44. The van der Waals surface area contributed by atoms with Crippen molar-refractivity contribution in [2.24, 2.45) is 0 Å². The SMILES string of the molecule is C#Cc1ccccc1.CC(C)=O.[HH]. The van der Waals surface area contributed by atoms with E-state index in [9.17, 15) is 4.79 Å². The molecule has 0 heterocycles. The molecule has 1 aromatic rings. The van der Waals surface area contributed by atoms with Crippen LogP contribution in [0.2, 0.25) is 0 Å². The third-order valence-corrected chi connectivity index (χ3v) is 0.940. The molecule has 0 unspecified atom stereocenters. The van der Waals surface area contributed by atoms with Crippen LogP contribution in [0.1, 0.15) is 20.8 Å². The maximum absolute atomic E-state index is 9.44. The van der Waals surface area contributed by atoms with Gasteiger partial charge in [-0.25, -0.2) is 0 Å². The summed E-state index contributed by atoms with van der Waals surface area (Å²) < 4.78 is 0. The molecule has 0 amide bonds. The average molecular weight is 162 g/mol. The van der Waals surface area contributed by atoms with Gasteiger partial charge in [0.05, 0.1) is 0 Å². The van der Waals surface area contributed by atoms with E-state index in [0.717, 1.165) is 5.56 Å². The molecule has 0 atom stereocenters. The zero-order chi connectivity index (χ0) is 9.40. The first-order valence-corrected chi connectivity index (χ1v) is 3.65. The lowest BCUT2D eigenvalue weighted by atomic mass is 10.2. The van der Waals surface area contributed by atoms with Gasteiger partial charge < -0.3 is 4.79 Å². The molecule has 0 saturated heterocycles. The van der Waals surface area contributed by atoms with Crippen LogP contribution < -0.4 is 0 Å². The van der Waals surface area contributed by atoms with E-state index in [1.165, 1.54) is 13.8 Å². The van der Waals surface area contributed by atoms with Crippen LogP contribution in [0.5, 0.6) is 0 Å². The largest absolute Gasteiger partial charge is 0.300 e. The molecule has 0 aliphatic heterocycles. The highest BCUT2D eigenvalue weighted by Gasteiger charge is 1.76. The second-order valence-corrected chi connectivity index (χ2v) is 2.42. The Bertz CT molecular complexity index is 268. The second-order valence-electron chi connectivity index (χ2n) is 2.42. The molecule has 0 fully saturated rings. The lowest BCUT2D eigenvalue weighted by Gasteiger charge is -1.82. The molecule has 1 heteroatoms. The summed E-state index contributed by atoms with van der Waals surface area (Å²) in [7, 11) is 0. The quantitative estimate of drug-likeness (QED) is 0.536. The number of hydrogen-bond donors (Lipinski definition) is 0. The van der Waals surface area contributed by atoms with Crippen molar-refractivity contribution in [1.82, 2.24) is 0 Å². The fourth-order valence-corrected chi connectivity index (χ4v) is 0.534. The highest BCUT2D eigenvalue weighted by atomic mass is 16.1. The Balaban J connectivity index is 0. The molecule has 0 saturated carbocycles. The van der Waals surface area contributed by atoms with Crippen molar-refractivity contribution < 1.29 is 6.22 Å². The minimum atomic E-state index is 0. The minimum Gasteiger partial charge on any atom is -0.300 e. The van der Waals surface area contributed by atoms with Gasteiger partial charge in [-0.05, 0) is 26.0 Å². The lowest BCUT2D eigenvalue weighted by Crippen LogP contribution is -1.69. The van der Waals surface area contributed by atoms with Crippen molar-refractivity contribution in [2.75, 3.05) is 0 Å². The Hall–Kier alpha value is -1.55. The molecule has 0 spiro atoms. The summed E-state index contributed by atoms with van der Waals surface area (Å²) in [6.07, 6.45) is 5.10. The number of rotatable bonds is 0. The smallest absolute Gasteiger partial charge is 0.126 e. The molecule has 0 aliphatic carbocycles. The van der Waals surface area contributed by atoms with E-state index in [0.29, 0.717) is 0 Å². The van der Waals surface area contributed by atoms with Crippen LogP contribution in [0.3, 0.4) is 0 Å². The molecule has 12 heavy (non-hydrogen) atoms. The van der Waals surface area contributed by atoms with Crippen molar-refractivity contribution in [1.29, 1.82) is 0 Å². The third kappa shape index (κ3) is 6.57. The Labute approximate surface area is 74.9 Å². The minimum absolute atomic E-state index is 0. The average Bonchev–Trinajstić information content (AvgIpc) is 2.05. The normalized spacial score (nSPS) is 7.42. The highest BCUT2D eigenvalue weighted by Crippen LogP contribution is 1.92. The van der Waals surface area contributed by atoms with Crippen molar-refractivity contribution >= 4 is 5.78 Å². The summed E-state index contributed by atoms with van der Waals surface area (Å²) in [5.74, 6) is 2.69. The molecule has 1 rings (SSSR count). The van der Waals surface area contributed by atoms with Crippen LogP contribution in [0.4, 0.5) is 0 Å². The van der Waals surface area contributed by atoms with E-state index >= 15 is 0 Å². The number of hydrogen-bond acceptors (Lipinski definition) is 1. The number of terminal acetylenes is 1. The van der Waals surface area contributed by atoms with Crippen LogP contribution in [0, 0.1) is 12.3 Å². The molecular weight excluding hydrogens is 148 g/mol. The predicted molar refractivity (Wildman–Crippen MR) is 52.8 cm³/mol. The zero-order valence-corrected chi connectivity index (χ0v) is 7.37. The van der Waals surface area contributed by atoms with Crippen molar-refractivity contribution in [3.8, 4) is 12.3 Å². The van der Waals surface area contributed by atoms with Gasteiger partial charge >= 0.3 is 0 Å². The van der Waals surface area contributed by atoms with Gasteiger partial charge in [-0.15, -0.1) is 6.42 Å². The lowest BCUT2D eigenvalue weighted by molar-refractivity contribution is -0.114. The fraction of sp³-hybridized carbons (Fsp3) is 0.182. The number of Topliss-reactive ketones (excluding diaryl/α,β-unsaturated/α-hetero) is 1. The number of carbonyl (C=O) groups excluding carboxylic acids is 1. The van der Waals surface area contributed by atoms with E-state index < -0.39 is 0 Å². The monoisotopic (exact) mass is 162 g/mol. The zero-order valence-electron chi connectivity index (χ0n) is 7.37. The van der Waals surface area contributed by atoms with Gasteiger partial charge in [0.2, 0.25) is 0 Å². The van der Waals surface area contributed by atoms with E-state index in [1.807, 2.05) is 30.3 Å². The van der Waals surface area contributed by atoms with Crippen LogP contribution in [0.25, 0.3) is 0 Å². The highest BCUT2D eigenvalue weighted by molar-refractivity contribution is 5.72. The maximum atomic E-state index is 9.44. The maximum Gasteiger partial charge on any atom is 0.126 e. The second kappa shape index (κ2) is 6.18. The van der Waals surface area contributed by atoms with Gasteiger partial charge in [0.1, 0.15) is 5.78 Å². The first kappa shape index (κ1) is 10.4. The van der Waals surface area contributed by atoms with Crippen LogP contribution in [0.15, 0.2) is 30.3 Å². The van der Waals surface area contributed by atoms with Crippen molar-refractivity contribution in [3.63, 3.8) is 0 Å². The van der Waals surface area contributed by atoms with Gasteiger partial charge in [-0.3, -0.25) is 0 Å². The van der Waals surface area contributed by atoms with Crippen molar-refractivity contribution in [2.45, 2.75) is 13.8 Å². The fourth-order valence-electron chi connectivity index (χ4n) is 0.534.